The second-order valence-electron chi connectivity index (χ2n) is 4.77. The van der Waals surface area contributed by atoms with Gasteiger partial charge in [-0.2, -0.15) is 0 Å². The average Bonchev–Trinajstić information content (AvgIpc) is 2.17. The van der Waals surface area contributed by atoms with Gasteiger partial charge in [0.05, 0.1) is 11.9 Å². The van der Waals surface area contributed by atoms with Gasteiger partial charge in [-0.1, -0.05) is 13.3 Å². The van der Waals surface area contributed by atoms with Crippen LogP contribution in [0, 0.1) is 5.92 Å². The summed E-state index contributed by atoms with van der Waals surface area (Å²) in [4.78, 5) is 10.5. The van der Waals surface area contributed by atoms with Crippen LogP contribution in [0.5, 0.6) is 0 Å². The first-order valence-electron chi connectivity index (χ1n) is 5.76. The molecule has 3 heteroatoms. The molecule has 0 aromatic carbocycles. The first kappa shape index (κ1) is 15.2. The summed E-state index contributed by atoms with van der Waals surface area (Å²) in [5, 5.41) is 0. The van der Waals surface area contributed by atoms with Crippen LogP contribution in [0.2, 0.25) is 0 Å². The van der Waals surface area contributed by atoms with Gasteiger partial charge in [-0.25, -0.2) is 0 Å². The van der Waals surface area contributed by atoms with Crippen molar-refractivity contribution < 1.29 is 14.3 Å². The molecule has 0 aliphatic heterocycles. The lowest BCUT2D eigenvalue weighted by Gasteiger charge is -2.23. The van der Waals surface area contributed by atoms with E-state index in [1.165, 1.54) is 13.2 Å². The molecule has 0 saturated carbocycles. The van der Waals surface area contributed by atoms with Crippen molar-refractivity contribution in [1.29, 1.82) is 0 Å². The average molecular weight is 228 g/mol. The number of ether oxygens (including phenoxy) is 2. The predicted molar refractivity (Wildman–Crippen MR) is 65.0 cm³/mol. The molecule has 16 heavy (non-hydrogen) atoms. The maximum absolute atomic E-state index is 10.5. The molecule has 0 spiro atoms. The molecular formula is C13H24O3. The van der Waals surface area contributed by atoms with Gasteiger partial charge in [-0.3, -0.25) is 4.79 Å². The maximum Gasteiger partial charge on any atom is 0.307 e. The minimum Gasteiger partial charge on any atom is -0.435 e. The molecule has 0 unspecified atom stereocenters. The molecule has 0 radical (unpaired) electrons. The van der Waals surface area contributed by atoms with E-state index in [4.69, 9.17) is 9.47 Å². The third kappa shape index (κ3) is 8.48. The maximum atomic E-state index is 10.5. The van der Waals surface area contributed by atoms with E-state index in [2.05, 4.69) is 20.8 Å². The van der Waals surface area contributed by atoms with Crippen LogP contribution < -0.4 is 0 Å². The van der Waals surface area contributed by atoms with Crippen molar-refractivity contribution in [2.75, 3.05) is 7.11 Å². The van der Waals surface area contributed by atoms with Crippen LogP contribution in [-0.4, -0.2) is 18.7 Å². The minimum absolute atomic E-state index is 0.0423. The summed E-state index contributed by atoms with van der Waals surface area (Å²) in [6, 6.07) is 0. The molecule has 0 rings (SSSR count). The van der Waals surface area contributed by atoms with Crippen molar-refractivity contribution in [3.63, 3.8) is 0 Å². The molecule has 0 aromatic heterocycles. The van der Waals surface area contributed by atoms with Crippen molar-refractivity contribution in [1.82, 2.24) is 0 Å². The molecule has 94 valence electrons. The van der Waals surface area contributed by atoms with E-state index in [1.54, 1.807) is 7.11 Å². The minimum atomic E-state index is -0.274. The zero-order chi connectivity index (χ0) is 12.6. The third-order valence-electron chi connectivity index (χ3n) is 2.63. The number of carbonyl (C=O) groups excluding carboxylic acids is 1. The summed E-state index contributed by atoms with van der Waals surface area (Å²) < 4.78 is 10.1. The Hall–Kier alpha value is -0.830. The Labute approximate surface area is 98.8 Å². The van der Waals surface area contributed by atoms with Gasteiger partial charge in [0.25, 0.3) is 0 Å². The Morgan fingerprint density at radius 2 is 2.06 bits per heavy atom. The molecule has 0 heterocycles. The zero-order valence-corrected chi connectivity index (χ0v) is 11.1. The van der Waals surface area contributed by atoms with Gasteiger partial charge in [0.1, 0.15) is 0 Å². The number of hydrogen-bond donors (Lipinski definition) is 0. The first-order chi connectivity index (χ1) is 7.37. The standard InChI is InChI=1S/C13H24O3/c1-11(8-10-16-12(2)14)7-6-9-13(3,4)15-5/h8,10-11H,6-7,9H2,1-5H3/t11-/m0/s1. The zero-order valence-electron chi connectivity index (χ0n) is 11.1. The summed E-state index contributed by atoms with van der Waals surface area (Å²) >= 11 is 0. The highest BCUT2D eigenvalue weighted by molar-refractivity contribution is 5.66. The van der Waals surface area contributed by atoms with Crippen molar-refractivity contribution in [3.8, 4) is 0 Å². The Morgan fingerprint density at radius 1 is 1.44 bits per heavy atom. The summed E-state index contributed by atoms with van der Waals surface area (Å²) in [6.07, 6.45) is 6.61. The normalized spacial score (nSPS) is 14.1. The van der Waals surface area contributed by atoms with Crippen molar-refractivity contribution in [2.24, 2.45) is 5.92 Å². The fraction of sp³-hybridized carbons (Fsp3) is 0.769. The smallest absolute Gasteiger partial charge is 0.307 e. The highest BCUT2D eigenvalue weighted by Gasteiger charge is 2.15. The Kier molecular flexibility index (Phi) is 7.06. The quantitative estimate of drug-likeness (QED) is 0.495. The second kappa shape index (κ2) is 7.44. The lowest BCUT2D eigenvalue weighted by molar-refractivity contribution is -0.135. The number of carbonyl (C=O) groups is 1. The van der Waals surface area contributed by atoms with Crippen LogP contribution in [-0.2, 0) is 14.3 Å². The van der Waals surface area contributed by atoms with Gasteiger partial charge in [-0.05, 0) is 38.7 Å². The molecule has 3 nitrogen and oxygen atoms in total. The molecule has 0 fully saturated rings. The van der Waals surface area contributed by atoms with Crippen LogP contribution >= 0.6 is 0 Å². The van der Waals surface area contributed by atoms with Crippen LogP contribution in [0.25, 0.3) is 0 Å². The SMILES string of the molecule is COC(C)(C)CCC[C@H](C)C=COC(C)=O. The first-order valence-corrected chi connectivity index (χ1v) is 5.76. The highest BCUT2D eigenvalue weighted by atomic mass is 16.5. The van der Waals surface area contributed by atoms with Crippen LogP contribution in [0.4, 0.5) is 0 Å². The van der Waals surface area contributed by atoms with Gasteiger partial charge in [0.15, 0.2) is 0 Å². The number of hydrogen-bond acceptors (Lipinski definition) is 3. The monoisotopic (exact) mass is 228 g/mol. The number of rotatable bonds is 7. The van der Waals surface area contributed by atoms with Crippen molar-refractivity contribution in [2.45, 2.75) is 52.6 Å². The predicted octanol–water partition coefficient (Wildman–Crippen LogP) is 3.29. The fourth-order valence-electron chi connectivity index (χ4n) is 1.32. The molecule has 0 amide bonds. The van der Waals surface area contributed by atoms with Gasteiger partial charge in [0.2, 0.25) is 0 Å². The molecule has 0 bridgehead atoms. The lowest BCUT2D eigenvalue weighted by atomic mass is 9.97. The van der Waals surface area contributed by atoms with E-state index in [9.17, 15) is 4.79 Å². The van der Waals surface area contributed by atoms with Crippen molar-refractivity contribution in [3.05, 3.63) is 12.3 Å². The topological polar surface area (TPSA) is 35.5 Å². The lowest BCUT2D eigenvalue weighted by Crippen LogP contribution is -2.22. The van der Waals surface area contributed by atoms with Gasteiger partial charge in [-0.15, -0.1) is 0 Å². The van der Waals surface area contributed by atoms with E-state index >= 15 is 0 Å². The van der Waals surface area contributed by atoms with Gasteiger partial charge in [0, 0.05) is 14.0 Å². The number of esters is 1. The molecule has 0 N–H and O–H groups in total. The molecule has 0 aliphatic rings. The van der Waals surface area contributed by atoms with Crippen molar-refractivity contribution >= 4 is 5.97 Å². The summed E-state index contributed by atoms with van der Waals surface area (Å²) in [6.45, 7) is 7.69. The highest BCUT2D eigenvalue weighted by Crippen LogP contribution is 2.19. The Bertz CT molecular complexity index is 231. The summed E-state index contributed by atoms with van der Waals surface area (Å²) in [5.74, 6) is 0.149. The van der Waals surface area contributed by atoms with E-state index < -0.39 is 0 Å². The molecule has 0 aromatic rings. The van der Waals surface area contributed by atoms with Gasteiger partial charge >= 0.3 is 5.97 Å². The Balaban J connectivity index is 3.69. The molecule has 1 atom stereocenters. The van der Waals surface area contributed by atoms with E-state index in [1.807, 2.05) is 6.08 Å². The fourth-order valence-corrected chi connectivity index (χ4v) is 1.32. The molecule has 0 aliphatic carbocycles. The van der Waals surface area contributed by atoms with E-state index in [0.29, 0.717) is 5.92 Å². The summed E-state index contributed by atoms with van der Waals surface area (Å²) in [5.41, 5.74) is -0.0423. The van der Waals surface area contributed by atoms with Crippen LogP contribution in [0.1, 0.15) is 47.0 Å². The van der Waals surface area contributed by atoms with Crippen LogP contribution in [0.15, 0.2) is 12.3 Å². The van der Waals surface area contributed by atoms with E-state index in [0.717, 1.165) is 19.3 Å². The third-order valence-corrected chi connectivity index (χ3v) is 2.63. The largest absolute Gasteiger partial charge is 0.435 e. The molecule has 0 saturated heterocycles. The van der Waals surface area contributed by atoms with Gasteiger partial charge < -0.3 is 9.47 Å². The summed E-state index contributed by atoms with van der Waals surface area (Å²) in [7, 11) is 1.74. The van der Waals surface area contributed by atoms with Crippen LogP contribution in [0.3, 0.4) is 0 Å². The Morgan fingerprint density at radius 3 is 2.56 bits per heavy atom. The molecular weight excluding hydrogens is 204 g/mol. The number of allylic oxidation sites excluding steroid dienone is 1. The van der Waals surface area contributed by atoms with E-state index in [-0.39, 0.29) is 11.6 Å². The number of methoxy groups -OCH3 is 1. The second-order valence-corrected chi connectivity index (χ2v) is 4.77.